The zero-order valence-electron chi connectivity index (χ0n) is 77.9. The van der Waals surface area contributed by atoms with E-state index in [0.29, 0.717) is 130 Å². The van der Waals surface area contributed by atoms with Gasteiger partial charge in [-0.3, -0.25) is 39.1 Å². The molecule has 0 spiro atoms. The molecular formula is C96H96F8N30O10S. The number of aromatic nitrogens is 6. The first-order valence-electron chi connectivity index (χ1n) is 46.1. The second kappa shape index (κ2) is 39.8. The largest absolute Gasteiger partial charge is 0.477 e. The summed E-state index contributed by atoms with van der Waals surface area (Å²) in [5.41, 5.74) is 36.7. The highest BCUT2D eigenvalue weighted by Crippen LogP contribution is 2.41. The van der Waals surface area contributed by atoms with Gasteiger partial charge in [0.25, 0.3) is 0 Å². The lowest BCUT2D eigenvalue weighted by atomic mass is 10.1. The first-order valence-corrected chi connectivity index (χ1v) is 47.5. The molecule has 0 bridgehead atoms. The number of sulfone groups is 1. The van der Waals surface area contributed by atoms with Gasteiger partial charge in [-0.05, 0) is 149 Å². The monoisotopic (exact) mass is 2010 g/mol. The highest BCUT2D eigenvalue weighted by molar-refractivity contribution is 7.91. The average molecular weight is 2010 g/mol. The van der Waals surface area contributed by atoms with Crippen molar-refractivity contribution in [1.82, 2.24) is 57.6 Å². The molecule has 5 saturated heterocycles. The van der Waals surface area contributed by atoms with Crippen LogP contribution in [-0.2, 0) is 9.84 Å². The van der Waals surface area contributed by atoms with E-state index in [0.717, 1.165) is 78.4 Å². The SMILES string of the molecule is Cc1cn(-c2ccc(F)cc2F)c2nc(N3CCN(C(=N)N=C(N)N4CCN(C(N)=NC(=N)N5CCN(c6nc7c(cc6F)c(=O)c(C(=O)O)cn7-c6ccc(F)cc6F)CC5)CC4)CC3)c(F)cc2c1=O.Cc1cn(C2CC2)c2cc(N3CCN(C(N)=NC(N)=Nc4ccc(S(=O)(=O)c5ccc(N=C(N)N=C(N)N6CCN(c7cc8c(cc7F)c(=O)c(C(=O)O)cn8C7CC7)CC6)cc5)cc4)CC3)c(F)cc2c1=O. The van der Waals surface area contributed by atoms with E-state index in [1.165, 1.54) is 84.5 Å². The zero-order chi connectivity index (χ0) is 103. The minimum atomic E-state index is -3.96. The molecule has 11 heterocycles. The van der Waals surface area contributed by atoms with Crippen LogP contribution in [0.1, 0.15) is 69.6 Å². The Morgan fingerprint density at radius 1 is 0.366 bits per heavy atom. The lowest BCUT2D eigenvalue weighted by Crippen LogP contribution is -2.55. The van der Waals surface area contributed by atoms with E-state index in [1.54, 1.807) is 57.9 Å². The molecule has 7 aliphatic rings. The number of aryl methyl sites for hydroxylation is 2. The third-order valence-electron chi connectivity index (χ3n) is 26.3. The number of nitrogens with two attached hydrogens (primary N) is 6. The van der Waals surface area contributed by atoms with Crippen LogP contribution in [0.25, 0.3) is 55.2 Å². The van der Waals surface area contributed by atoms with Gasteiger partial charge >= 0.3 is 11.9 Å². The van der Waals surface area contributed by atoms with Crippen LogP contribution in [-0.4, -0.2) is 267 Å². The fourth-order valence-corrected chi connectivity index (χ4v) is 19.4. The van der Waals surface area contributed by atoms with Crippen molar-refractivity contribution >= 4 is 148 Å². The maximum Gasteiger partial charge on any atom is 0.341 e. The zero-order valence-corrected chi connectivity index (χ0v) is 78.7. The molecular weight excluding hydrogens is 1920 g/mol. The van der Waals surface area contributed by atoms with Crippen LogP contribution in [0, 0.1) is 71.2 Å². The van der Waals surface area contributed by atoms with Gasteiger partial charge in [0.2, 0.25) is 44.5 Å². The molecule has 752 valence electrons. The Morgan fingerprint density at radius 2 is 0.683 bits per heavy atom. The summed E-state index contributed by atoms with van der Waals surface area (Å²) in [6.07, 6.45) is 9.13. The smallest absolute Gasteiger partial charge is 0.341 e. The van der Waals surface area contributed by atoms with E-state index in [-0.39, 0.29) is 178 Å². The molecule has 12 aromatic rings. The number of nitrogens with one attached hydrogen (secondary N) is 2. The number of anilines is 4. The number of carbonyl (C=O) groups is 2. The molecule has 6 aromatic carbocycles. The van der Waals surface area contributed by atoms with Crippen molar-refractivity contribution < 1.29 is 63.3 Å². The molecule has 0 atom stereocenters. The number of rotatable bonds is 14. The number of guanidine groups is 8. The highest BCUT2D eigenvalue weighted by atomic mass is 32.2. The van der Waals surface area contributed by atoms with Gasteiger partial charge in [0.05, 0.1) is 65.7 Å². The van der Waals surface area contributed by atoms with Crippen LogP contribution in [0.5, 0.6) is 0 Å². The summed E-state index contributed by atoms with van der Waals surface area (Å²) >= 11 is 0. The molecule has 19 rings (SSSR count). The number of halogens is 8. The summed E-state index contributed by atoms with van der Waals surface area (Å²) < 4.78 is 153. The van der Waals surface area contributed by atoms with Crippen LogP contribution in [0.15, 0.2) is 205 Å². The molecule has 0 unspecified atom stereocenters. The predicted octanol–water partition coefficient (Wildman–Crippen LogP) is 7.26. The number of carboxylic acid groups (broad SMARTS) is 2. The Hall–Kier alpha value is -17.1. The standard InChI is InChI=1S/C50H52F2N14O6S.C46H44F6N16O4/c1-28-26-65(31-6-7-31)40-24-42(38(51)22-35(40)44(28)67)61-14-18-63(19-15-61)49(55)59-47(53)57-29-2-10-33(11-3-29)73(71,72)34-12-4-30(5-13-34)58-48(54)60-50(56)64-20-16-62(17-21-64)43-25-41-36(23-39(43)52)45(68)37(46(69)70)27-66(41)32-8-9-32;1-24-22-67(34-4-2-25(47)18-30(34)49)38-27(36(24)69)20-32(51)40(57-38)61-6-10-63(11-7-61)43(53)59-45(55)65-14-16-66(17-15-65)46(56)60-44(54)64-12-8-62(9-13-64)41-33(52)21-28-37(70)29(42(71)72)23-68(39(28)58-41)35-5-3-26(48)19-31(35)50/h2-5,10-13,22-27,31-32H,6-9,14-21H2,1H3,(H,69,70)(H4,53,55,57,59)(H4,54,56,58,60);2-5,18-23H,6-17H2,1H3,(H,71,72)(H3,53,55,59)(H3,54,56,60). The lowest BCUT2D eigenvalue weighted by Gasteiger charge is -2.38. The first-order chi connectivity index (χ1) is 69.3. The van der Waals surface area contributed by atoms with Gasteiger partial charge in [-0.25, -0.2) is 73.1 Å². The maximum atomic E-state index is 15.6. The number of aliphatic imine (C=N–C) groups is 6. The number of nitrogens with zero attached hydrogens (tertiary/aromatic N) is 22. The second-order valence-corrected chi connectivity index (χ2v) is 37.6. The fraction of sp³-hybridized carbons (Fsp3) is 0.292. The number of pyridine rings is 6. The number of piperazine rings is 5. The van der Waals surface area contributed by atoms with Gasteiger partial charge in [-0.2, -0.15) is 20.0 Å². The summed E-state index contributed by atoms with van der Waals surface area (Å²) in [5.74, 6) is -9.99. The number of benzene rings is 6. The number of carboxylic acids is 2. The van der Waals surface area contributed by atoms with Crippen molar-refractivity contribution in [3.63, 3.8) is 0 Å². The molecule has 5 aliphatic heterocycles. The van der Waals surface area contributed by atoms with Gasteiger partial charge < -0.3 is 103 Å². The molecule has 7 fully saturated rings. The van der Waals surface area contributed by atoms with E-state index in [9.17, 15) is 65.0 Å². The van der Waals surface area contributed by atoms with Crippen molar-refractivity contribution in [2.45, 2.75) is 61.4 Å². The average Bonchev–Trinajstić information content (AvgIpc) is 1.28. The van der Waals surface area contributed by atoms with Crippen LogP contribution in [0.4, 0.5) is 69.5 Å². The van der Waals surface area contributed by atoms with Crippen LogP contribution >= 0.6 is 0 Å². The quantitative estimate of drug-likeness (QED) is 0.0291. The minimum Gasteiger partial charge on any atom is -0.477 e. The minimum absolute atomic E-state index is 0.000221. The van der Waals surface area contributed by atoms with Gasteiger partial charge in [0.1, 0.15) is 46.0 Å². The lowest BCUT2D eigenvalue weighted by molar-refractivity contribution is 0.0684. The molecule has 145 heavy (non-hydrogen) atoms. The van der Waals surface area contributed by atoms with Crippen molar-refractivity contribution in [2.24, 2.45) is 64.4 Å². The van der Waals surface area contributed by atoms with Gasteiger partial charge in [0, 0.05) is 202 Å². The third kappa shape index (κ3) is 20.2. The molecule has 0 radical (unpaired) electrons. The normalized spacial score (nSPS) is 16.8. The Balaban J connectivity index is 0.000000191. The number of hydrogen-bond acceptors (Lipinski definition) is 18. The Labute approximate surface area is 818 Å². The van der Waals surface area contributed by atoms with Crippen molar-refractivity contribution in [2.75, 3.05) is 150 Å². The Morgan fingerprint density at radius 3 is 1.08 bits per heavy atom. The second-order valence-electron chi connectivity index (χ2n) is 35.6. The van der Waals surface area contributed by atoms with Gasteiger partial charge in [-0.15, -0.1) is 0 Å². The van der Waals surface area contributed by atoms with E-state index >= 15 is 17.6 Å². The van der Waals surface area contributed by atoms with Crippen LogP contribution in [0.2, 0.25) is 0 Å². The van der Waals surface area contributed by atoms with Crippen LogP contribution < -0.4 is 75.7 Å². The summed E-state index contributed by atoms with van der Waals surface area (Å²) in [5, 5.41) is 36.5. The Kier molecular flexibility index (Phi) is 26.9. The molecule has 2 aliphatic carbocycles. The highest BCUT2D eigenvalue weighted by Gasteiger charge is 2.35. The molecule has 0 amide bonds. The predicted molar refractivity (Wildman–Crippen MR) is 532 cm³/mol. The number of aromatic carboxylic acids is 2. The number of hydrogen-bond donors (Lipinski definition) is 10. The maximum absolute atomic E-state index is 15.6. The van der Waals surface area contributed by atoms with E-state index in [4.69, 9.17) is 45.2 Å². The van der Waals surface area contributed by atoms with E-state index in [1.807, 2.05) is 20.9 Å². The number of fused-ring (bicyclic) bond motifs is 4. The van der Waals surface area contributed by atoms with Crippen LogP contribution in [0.3, 0.4) is 0 Å². The summed E-state index contributed by atoms with van der Waals surface area (Å²) in [7, 11) is -3.96. The fourth-order valence-electron chi connectivity index (χ4n) is 18.2. The van der Waals surface area contributed by atoms with Crippen molar-refractivity contribution in [1.29, 1.82) is 10.8 Å². The molecule has 6 aromatic heterocycles. The van der Waals surface area contributed by atoms with Gasteiger partial charge in [-0.1, -0.05) is 0 Å². The Bertz CT molecular complexity index is 7890. The van der Waals surface area contributed by atoms with Crippen molar-refractivity contribution in [3.05, 3.63) is 256 Å². The molecule has 16 N–H and O–H groups in total. The third-order valence-corrected chi connectivity index (χ3v) is 28.1. The van der Waals surface area contributed by atoms with Crippen molar-refractivity contribution in [3.8, 4) is 11.4 Å². The summed E-state index contributed by atoms with van der Waals surface area (Å²) in [4.78, 5) is 127. The molecule has 49 heteroatoms. The summed E-state index contributed by atoms with van der Waals surface area (Å²) in [6, 6.07) is 25.1. The molecule has 2 saturated carbocycles. The van der Waals surface area contributed by atoms with E-state index in [2.05, 4.69) is 44.5 Å². The summed E-state index contributed by atoms with van der Waals surface area (Å²) in [6.45, 7) is 9.30. The molecule has 40 nitrogen and oxygen atoms in total. The van der Waals surface area contributed by atoms with Gasteiger partial charge in [0.15, 0.2) is 69.3 Å². The topological polar surface area (TPSA) is 533 Å². The first kappa shape index (κ1) is 98.1. The van der Waals surface area contributed by atoms with E-state index < -0.39 is 101 Å².